The molecule has 0 bridgehead atoms. The van der Waals surface area contributed by atoms with E-state index in [1.807, 2.05) is 41.5 Å². The topological polar surface area (TPSA) is 168 Å². The van der Waals surface area contributed by atoms with E-state index in [2.05, 4.69) is 20.3 Å². The Morgan fingerprint density at radius 3 is 1.51 bits per heavy atom. The Morgan fingerprint density at radius 2 is 1.14 bits per heavy atom. The van der Waals surface area contributed by atoms with Crippen molar-refractivity contribution < 1.29 is 38.0 Å². The molecule has 51 heavy (non-hydrogen) atoms. The lowest BCUT2D eigenvalue weighted by Crippen LogP contribution is -2.25. The van der Waals surface area contributed by atoms with Gasteiger partial charge in [-0.2, -0.15) is 9.97 Å². The van der Waals surface area contributed by atoms with Crippen LogP contribution in [0.25, 0.3) is 0 Å². The van der Waals surface area contributed by atoms with Crippen molar-refractivity contribution in [3.05, 3.63) is 23.4 Å². The van der Waals surface area contributed by atoms with Crippen LogP contribution in [0.3, 0.4) is 0 Å². The molecule has 0 spiro atoms. The van der Waals surface area contributed by atoms with Gasteiger partial charge in [-0.25, -0.2) is 0 Å². The number of aliphatic hydroxyl groups excluding tert-OH is 1. The van der Waals surface area contributed by atoms with Crippen LogP contribution in [0.1, 0.15) is 204 Å². The highest BCUT2D eigenvalue weighted by Crippen LogP contribution is 2.33. The molecule has 1 N–H and O–H groups in total. The van der Waals surface area contributed by atoms with E-state index in [4.69, 9.17) is 23.6 Å². The fourth-order valence-electron chi connectivity index (χ4n) is 7.09. The van der Waals surface area contributed by atoms with E-state index in [0.29, 0.717) is 11.8 Å². The summed E-state index contributed by atoms with van der Waals surface area (Å²) in [6.45, 7) is 12.3. The quantitative estimate of drug-likeness (QED) is 0.129. The number of hydrogen-bond acceptors (Lipinski definition) is 12. The minimum atomic E-state index is -0.525. The van der Waals surface area contributed by atoms with Crippen LogP contribution in [-0.2, 0) is 25.7 Å². The summed E-state index contributed by atoms with van der Waals surface area (Å²) in [5.74, 6) is 1.62. The summed E-state index contributed by atoms with van der Waals surface area (Å²) in [4.78, 5) is 44.3. The van der Waals surface area contributed by atoms with Crippen molar-refractivity contribution in [3.63, 3.8) is 0 Å². The summed E-state index contributed by atoms with van der Waals surface area (Å²) in [6.07, 6.45) is 19.8. The molecule has 12 heteroatoms. The smallest absolute Gasteiger partial charge is 0.307 e. The lowest BCUT2D eigenvalue weighted by Gasteiger charge is -2.23. The molecule has 0 aromatic carbocycles. The molecule has 0 saturated heterocycles. The Labute approximate surface area is 304 Å². The molecule has 0 aliphatic heterocycles. The average molecular weight is 717 g/mol. The number of Topliss-reactive ketones (excluding diaryl/α,β-unsaturated/α-hetero) is 1. The van der Waals surface area contributed by atoms with Crippen molar-refractivity contribution in [2.45, 2.75) is 194 Å². The van der Waals surface area contributed by atoms with Gasteiger partial charge in [0, 0.05) is 18.8 Å². The number of aromatic nitrogens is 4. The van der Waals surface area contributed by atoms with Crippen molar-refractivity contribution in [3.8, 4) is 0 Å². The minimum Gasteiger partial charge on any atom is -0.460 e. The van der Waals surface area contributed by atoms with Crippen LogP contribution in [0.4, 0.5) is 0 Å². The first-order valence-corrected chi connectivity index (χ1v) is 19.3. The lowest BCUT2D eigenvalue weighted by molar-refractivity contribution is -0.156. The minimum absolute atomic E-state index is 0.0708. The number of hydrogen-bond donors (Lipinski definition) is 1. The fraction of sp³-hybridized carbons (Fsp3) is 0.821. The van der Waals surface area contributed by atoms with Crippen LogP contribution in [0.5, 0.6) is 0 Å². The molecule has 0 unspecified atom stereocenters. The lowest BCUT2D eigenvalue weighted by atomic mass is 9.84. The highest BCUT2D eigenvalue weighted by Gasteiger charge is 2.28. The number of aliphatic hydroxyl groups is 1. The van der Waals surface area contributed by atoms with Gasteiger partial charge in [-0.05, 0) is 66.2 Å². The first-order valence-electron chi connectivity index (χ1n) is 19.3. The number of ether oxygens (including phenoxy) is 2. The normalized spacial score (nSPS) is 17.3. The highest BCUT2D eigenvalue weighted by atomic mass is 16.6. The molecular weight excluding hydrogens is 652 g/mol. The number of esters is 2. The number of nitrogens with zero attached hydrogens (tertiary/aromatic N) is 4. The Morgan fingerprint density at radius 1 is 0.706 bits per heavy atom. The molecule has 12 nitrogen and oxygen atoms in total. The van der Waals surface area contributed by atoms with Gasteiger partial charge in [-0.15, -0.1) is 0 Å². The Balaban J connectivity index is 0.000000276. The van der Waals surface area contributed by atoms with Gasteiger partial charge in [0.25, 0.3) is 0 Å². The average Bonchev–Trinajstić information content (AvgIpc) is 3.75. The van der Waals surface area contributed by atoms with Gasteiger partial charge in [-0.3, -0.25) is 14.4 Å². The molecule has 4 rings (SSSR count). The molecule has 2 aliphatic rings. The predicted molar refractivity (Wildman–Crippen MR) is 192 cm³/mol. The molecular formula is C39H64N4O8. The molecule has 0 amide bonds. The maximum absolute atomic E-state index is 12.3. The van der Waals surface area contributed by atoms with Crippen LogP contribution in [-0.4, -0.2) is 54.3 Å². The summed E-state index contributed by atoms with van der Waals surface area (Å²) in [7, 11) is 0. The highest BCUT2D eigenvalue weighted by molar-refractivity contribution is 5.89. The van der Waals surface area contributed by atoms with Gasteiger partial charge in [0.1, 0.15) is 17.8 Å². The Hall–Kier alpha value is -3.15. The fourth-order valence-corrected chi connectivity index (χ4v) is 7.09. The largest absolute Gasteiger partial charge is 0.460 e. The van der Waals surface area contributed by atoms with Crippen LogP contribution in [0.15, 0.2) is 9.05 Å². The van der Waals surface area contributed by atoms with Gasteiger partial charge < -0.3 is 23.6 Å². The molecule has 2 heterocycles. The molecule has 0 radical (unpaired) electrons. The van der Waals surface area contributed by atoms with Crippen LogP contribution in [0.2, 0.25) is 0 Å². The predicted octanol–water partition coefficient (Wildman–Crippen LogP) is 8.97. The summed E-state index contributed by atoms with van der Waals surface area (Å²) in [5, 5.41) is 16.6. The van der Waals surface area contributed by atoms with E-state index in [1.165, 1.54) is 84.0 Å². The number of carbonyl (C=O) groups is 3. The van der Waals surface area contributed by atoms with E-state index in [1.54, 1.807) is 0 Å². The first kappa shape index (κ1) is 42.3. The zero-order chi connectivity index (χ0) is 37.4. The zero-order valence-corrected chi connectivity index (χ0v) is 32.3. The molecule has 2 atom stereocenters. The van der Waals surface area contributed by atoms with Crippen LogP contribution in [0, 0.1) is 11.8 Å². The van der Waals surface area contributed by atoms with Gasteiger partial charge >= 0.3 is 11.9 Å². The van der Waals surface area contributed by atoms with Crippen LogP contribution >= 0.6 is 0 Å². The second kappa shape index (κ2) is 20.8. The van der Waals surface area contributed by atoms with Gasteiger partial charge in [0.15, 0.2) is 5.82 Å². The Kier molecular flexibility index (Phi) is 17.2. The first-order chi connectivity index (χ1) is 24.1. The maximum atomic E-state index is 12.3. The van der Waals surface area contributed by atoms with E-state index >= 15 is 0 Å². The standard InChI is InChI=1S/C20H32N2O4.C19H32N2O4/c1-14(23)18-21-19(26-22-18)16(13-17(24)25-20(2,3)4)12-8-11-15-9-6-5-7-10-15;1-19(2,3)24-17(23)12-15(18-20-16(13-22)21-25-18)11-7-10-14-8-5-4-6-9-14/h15-16H,5-13H2,1-4H3;14-15,22H,4-13H2,1-3H3/t16-;15-/m11/s1. The third kappa shape index (κ3) is 16.8. The summed E-state index contributed by atoms with van der Waals surface area (Å²) in [6, 6.07) is 0. The van der Waals surface area contributed by atoms with Gasteiger partial charge in [-0.1, -0.05) is 100 Å². The van der Waals surface area contributed by atoms with Gasteiger partial charge in [0.05, 0.1) is 12.8 Å². The second-order valence-corrected chi connectivity index (χ2v) is 16.6. The molecule has 288 valence electrons. The molecule has 2 saturated carbocycles. The monoisotopic (exact) mass is 716 g/mol. The number of ketones is 1. The SMILES string of the molecule is CC(=O)c1noc([C@H](CCCC2CCCCC2)CC(=O)OC(C)(C)C)n1.CC(C)(C)OC(=O)C[C@@H](CCCC1CCCCC1)c1nc(CO)no1. The maximum Gasteiger partial charge on any atom is 0.307 e. The van der Waals surface area contributed by atoms with Crippen molar-refractivity contribution in [2.24, 2.45) is 11.8 Å². The van der Waals surface area contributed by atoms with Crippen molar-refractivity contribution in [2.75, 3.05) is 0 Å². The van der Waals surface area contributed by atoms with Gasteiger partial charge in [0.2, 0.25) is 23.4 Å². The van der Waals surface area contributed by atoms with Crippen LogP contribution < -0.4 is 0 Å². The molecule has 2 aliphatic carbocycles. The summed E-state index contributed by atoms with van der Waals surface area (Å²) < 4.78 is 21.4. The third-order valence-electron chi connectivity index (χ3n) is 9.53. The van der Waals surface area contributed by atoms with E-state index in [-0.39, 0.29) is 60.7 Å². The molecule has 2 fully saturated rings. The van der Waals surface area contributed by atoms with E-state index in [9.17, 15) is 14.4 Å². The van der Waals surface area contributed by atoms with E-state index in [0.717, 1.165) is 37.5 Å². The van der Waals surface area contributed by atoms with E-state index < -0.39 is 11.2 Å². The number of carbonyl (C=O) groups excluding carboxylic acids is 3. The third-order valence-corrected chi connectivity index (χ3v) is 9.53. The van der Waals surface area contributed by atoms with Crippen molar-refractivity contribution in [1.29, 1.82) is 0 Å². The summed E-state index contributed by atoms with van der Waals surface area (Å²) >= 11 is 0. The summed E-state index contributed by atoms with van der Waals surface area (Å²) in [5.41, 5.74) is -1.03. The molecule has 2 aromatic rings. The van der Waals surface area contributed by atoms with Crippen molar-refractivity contribution >= 4 is 17.7 Å². The van der Waals surface area contributed by atoms with Crippen molar-refractivity contribution in [1.82, 2.24) is 20.3 Å². The second-order valence-electron chi connectivity index (χ2n) is 16.6. The molecule has 2 aromatic heterocycles. The number of rotatable bonds is 16. The Bertz CT molecular complexity index is 1330. The zero-order valence-electron chi connectivity index (χ0n) is 32.3.